The molecular formula is C28H41NO. The zero-order valence-corrected chi connectivity index (χ0v) is 19.1. The molecule has 0 bridgehead atoms. The Labute approximate surface area is 183 Å². The number of amides is 1. The molecule has 2 heteroatoms. The second-order valence-corrected chi connectivity index (χ2v) is 11.6. The fourth-order valence-electron chi connectivity index (χ4n) is 8.62. The van der Waals surface area contributed by atoms with Gasteiger partial charge in [0.15, 0.2) is 0 Å². The van der Waals surface area contributed by atoms with Crippen molar-refractivity contribution in [2.75, 3.05) is 6.54 Å². The first-order chi connectivity index (χ1) is 14.6. The molecular weight excluding hydrogens is 366 g/mol. The molecule has 0 spiro atoms. The Morgan fingerprint density at radius 3 is 2.60 bits per heavy atom. The van der Waals surface area contributed by atoms with Gasteiger partial charge in [-0.2, -0.15) is 0 Å². The van der Waals surface area contributed by atoms with Gasteiger partial charge >= 0.3 is 0 Å². The Morgan fingerprint density at radius 2 is 1.77 bits per heavy atom. The third-order valence-electron chi connectivity index (χ3n) is 10.1. The summed E-state index contributed by atoms with van der Waals surface area (Å²) in [5.41, 5.74) is 1.56. The lowest BCUT2D eigenvalue weighted by atomic mass is 9.49. The van der Waals surface area contributed by atoms with Crippen LogP contribution in [0.25, 0.3) is 0 Å². The van der Waals surface area contributed by atoms with Crippen molar-refractivity contribution in [3.8, 4) is 0 Å². The highest BCUT2D eigenvalue weighted by Gasteiger charge is 2.58. The minimum atomic E-state index is 0.239. The first-order valence-electron chi connectivity index (χ1n) is 12.9. The van der Waals surface area contributed by atoms with Crippen molar-refractivity contribution in [1.29, 1.82) is 0 Å². The van der Waals surface area contributed by atoms with E-state index in [-0.39, 0.29) is 11.3 Å². The Morgan fingerprint density at radius 1 is 0.967 bits per heavy atom. The van der Waals surface area contributed by atoms with E-state index in [9.17, 15) is 4.79 Å². The summed E-state index contributed by atoms with van der Waals surface area (Å²) >= 11 is 0. The maximum Gasteiger partial charge on any atom is 0.223 e. The Balaban J connectivity index is 1.22. The molecule has 4 fully saturated rings. The maximum absolute atomic E-state index is 13.2. The van der Waals surface area contributed by atoms with E-state index in [0.717, 1.165) is 54.9 Å². The topological polar surface area (TPSA) is 29.1 Å². The van der Waals surface area contributed by atoms with Crippen LogP contribution in [0, 0.1) is 46.8 Å². The third kappa shape index (κ3) is 3.63. The molecule has 0 saturated heterocycles. The Hall–Kier alpha value is -1.31. The number of rotatable bonds is 4. The van der Waals surface area contributed by atoms with E-state index >= 15 is 0 Å². The molecule has 8 atom stereocenters. The summed E-state index contributed by atoms with van der Waals surface area (Å²) in [5.74, 6) is 6.21. The van der Waals surface area contributed by atoms with Gasteiger partial charge in [-0.25, -0.2) is 0 Å². The molecule has 1 N–H and O–H groups in total. The summed E-state index contributed by atoms with van der Waals surface area (Å²) in [5, 5.41) is 3.31. The van der Waals surface area contributed by atoms with Crippen molar-refractivity contribution >= 4 is 5.91 Å². The number of nitrogens with one attached hydrogen (secondary N) is 1. The van der Waals surface area contributed by atoms with Crippen LogP contribution >= 0.6 is 0 Å². The number of fused-ring (bicyclic) bond motifs is 5. The standard InChI is InChI=1S/C28H41NO/c1-19-8-10-22-21(18-19)9-11-24-23(22)14-16-28(2)25(24)12-13-26(28)27(30)29-17-15-20-6-4-3-5-7-20/h3-7,19,21-26H,8-18H2,1-2H3,(H,29,30)/t19?,21?,22?,23?,24?,25?,26-,28?/m1/s1. The van der Waals surface area contributed by atoms with E-state index in [1.54, 1.807) is 0 Å². The molecule has 4 saturated carbocycles. The van der Waals surface area contributed by atoms with Crippen LogP contribution in [-0.4, -0.2) is 12.5 Å². The molecule has 30 heavy (non-hydrogen) atoms. The van der Waals surface area contributed by atoms with Crippen LogP contribution in [0.5, 0.6) is 0 Å². The highest BCUT2D eigenvalue weighted by Crippen LogP contribution is 2.64. The molecule has 1 aromatic carbocycles. The second-order valence-electron chi connectivity index (χ2n) is 11.6. The third-order valence-corrected chi connectivity index (χ3v) is 10.1. The van der Waals surface area contributed by atoms with Gasteiger partial charge in [0, 0.05) is 12.5 Å². The molecule has 2 nitrogen and oxygen atoms in total. The zero-order valence-electron chi connectivity index (χ0n) is 19.1. The minimum absolute atomic E-state index is 0.239. The van der Waals surface area contributed by atoms with Gasteiger partial charge in [-0.1, -0.05) is 50.6 Å². The van der Waals surface area contributed by atoms with Crippen LogP contribution < -0.4 is 5.32 Å². The summed E-state index contributed by atoms with van der Waals surface area (Å²) in [6, 6.07) is 10.5. The van der Waals surface area contributed by atoms with Crippen LogP contribution in [0.1, 0.15) is 77.2 Å². The number of benzene rings is 1. The SMILES string of the molecule is CC1CCC2C(CCC3C2CCC2(C)C3CC[C@@H]2C(=O)NCCc2ccccc2)C1. The van der Waals surface area contributed by atoms with E-state index < -0.39 is 0 Å². The summed E-state index contributed by atoms with van der Waals surface area (Å²) in [6.07, 6.45) is 13.4. The summed E-state index contributed by atoms with van der Waals surface area (Å²) < 4.78 is 0. The number of carbonyl (C=O) groups excluding carboxylic acids is 1. The molecule has 1 aromatic rings. The van der Waals surface area contributed by atoms with Crippen molar-refractivity contribution in [3.05, 3.63) is 35.9 Å². The van der Waals surface area contributed by atoms with E-state index in [4.69, 9.17) is 0 Å². The summed E-state index contributed by atoms with van der Waals surface area (Å²) in [7, 11) is 0. The number of hydrogen-bond donors (Lipinski definition) is 1. The van der Waals surface area contributed by atoms with Gasteiger partial charge in [-0.3, -0.25) is 4.79 Å². The van der Waals surface area contributed by atoms with Gasteiger partial charge in [0.05, 0.1) is 0 Å². The fraction of sp³-hybridized carbons (Fsp3) is 0.750. The zero-order chi connectivity index (χ0) is 20.7. The van der Waals surface area contributed by atoms with Crippen LogP contribution in [0.15, 0.2) is 30.3 Å². The number of carbonyl (C=O) groups is 1. The van der Waals surface area contributed by atoms with Gasteiger partial charge in [0.25, 0.3) is 0 Å². The highest BCUT2D eigenvalue weighted by molar-refractivity contribution is 5.80. The molecule has 4 aliphatic rings. The van der Waals surface area contributed by atoms with Crippen LogP contribution in [0.4, 0.5) is 0 Å². The molecule has 5 rings (SSSR count). The Kier molecular flexibility index (Phi) is 5.71. The quantitative estimate of drug-likeness (QED) is 0.628. The van der Waals surface area contributed by atoms with Gasteiger partial charge in [0.1, 0.15) is 0 Å². The van der Waals surface area contributed by atoms with E-state index in [1.807, 2.05) is 0 Å². The average molecular weight is 408 g/mol. The monoisotopic (exact) mass is 407 g/mol. The molecule has 164 valence electrons. The average Bonchev–Trinajstić information content (AvgIpc) is 3.11. The second kappa shape index (κ2) is 8.32. The molecule has 7 unspecified atom stereocenters. The summed E-state index contributed by atoms with van der Waals surface area (Å²) in [6.45, 7) is 5.73. The maximum atomic E-state index is 13.2. The van der Waals surface area contributed by atoms with Crippen LogP contribution in [-0.2, 0) is 11.2 Å². The molecule has 0 aliphatic heterocycles. The lowest BCUT2D eigenvalue weighted by molar-refractivity contribution is -0.132. The first kappa shape index (κ1) is 20.6. The first-order valence-corrected chi connectivity index (χ1v) is 12.9. The molecule has 0 aromatic heterocycles. The lowest BCUT2D eigenvalue weighted by Crippen LogP contribution is -2.50. The smallest absolute Gasteiger partial charge is 0.223 e. The highest BCUT2D eigenvalue weighted by atomic mass is 16.1. The van der Waals surface area contributed by atoms with Crippen LogP contribution in [0.3, 0.4) is 0 Å². The van der Waals surface area contributed by atoms with Crippen molar-refractivity contribution < 1.29 is 4.79 Å². The molecule has 1 amide bonds. The van der Waals surface area contributed by atoms with Crippen molar-refractivity contribution in [3.63, 3.8) is 0 Å². The number of hydrogen-bond acceptors (Lipinski definition) is 1. The van der Waals surface area contributed by atoms with E-state index in [1.165, 1.54) is 56.9 Å². The van der Waals surface area contributed by atoms with Gasteiger partial charge in [-0.05, 0) is 104 Å². The van der Waals surface area contributed by atoms with Gasteiger partial charge < -0.3 is 5.32 Å². The lowest BCUT2D eigenvalue weighted by Gasteiger charge is -2.56. The van der Waals surface area contributed by atoms with Crippen molar-refractivity contribution in [2.45, 2.75) is 78.1 Å². The predicted octanol–water partition coefficient (Wildman–Crippen LogP) is 6.25. The largest absolute Gasteiger partial charge is 0.356 e. The molecule has 0 heterocycles. The molecule has 0 radical (unpaired) electrons. The van der Waals surface area contributed by atoms with Gasteiger partial charge in [0.2, 0.25) is 5.91 Å². The minimum Gasteiger partial charge on any atom is -0.356 e. The van der Waals surface area contributed by atoms with Gasteiger partial charge in [-0.15, -0.1) is 0 Å². The normalized spacial score (nSPS) is 42.7. The van der Waals surface area contributed by atoms with E-state index in [2.05, 4.69) is 49.5 Å². The summed E-state index contributed by atoms with van der Waals surface area (Å²) in [4.78, 5) is 13.2. The Bertz CT molecular complexity index is 744. The van der Waals surface area contributed by atoms with Crippen LogP contribution in [0.2, 0.25) is 0 Å². The van der Waals surface area contributed by atoms with Crippen molar-refractivity contribution in [2.24, 2.45) is 46.8 Å². The molecule has 4 aliphatic carbocycles. The van der Waals surface area contributed by atoms with E-state index in [0.29, 0.717) is 5.91 Å². The van der Waals surface area contributed by atoms with Crippen molar-refractivity contribution in [1.82, 2.24) is 5.32 Å². The predicted molar refractivity (Wildman–Crippen MR) is 123 cm³/mol. The fourth-order valence-corrected chi connectivity index (χ4v) is 8.62.